The van der Waals surface area contributed by atoms with Gasteiger partial charge in [0.15, 0.2) is 11.5 Å². The fourth-order valence-electron chi connectivity index (χ4n) is 4.08. The zero-order valence-corrected chi connectivity index (χ0v) is 18.7. The molecule has 1 N–H and O–H groups in total. The highest BCUT2D eigenvalue weighted by atomic mass is 16.5. The van der Waals surface area contributed by atoms with Gasteiger partial charge in [0, 0.05) is 30.9 Å². The SMILES string of the molecule is COc1ccc(CN2CCc3c(cccc3NC(=O)c3ccc(OC)c(OC)c3)C2)cc1. The Kier molecular flexibility index (Phi) is 6.61. The predicted octanol–water partition coefficient (Wildman–Crippen LogP) is 4.52. The molecule has 0 saturated heterocycles. The number of carbonyl (C=O) groups excluding carboxylic acids is 1. The number of fused-ring (bicyclic) bond motifs is 1. The summed E-state index contributed by atoms with van der Waals surface area (Å²) in [7, 11) is 4.81. The van der Waals surface area contributed by atoms with E-state index in [0.29, 0.717) is 17.1 Å². The molecule has 1 aliphatic rings. The first-order chi connectivity index (χ1) is 15.6. The van der Waals surface area contributed by atoms with Crippen molar-refractivity contribution in [3.05, 3.63) is 82.9 Å². The average Bonchev–Trinajstić information content (AvgIpc) is 2.84. The molecule has 0 atom stereocenters. The van der Waals surface area contributed by atoms with Crippen LogP contribution in [0.15, 0.2) is 60.7 Å². The van der Waals surface area contributed by atoms with Crippen LogP contribution in [0, 0.1) is 0 Å². The molecular weight excluding hydrogens is 404 g/mol. The molecule has 3 aromatic carbocycles. The molecule has 0 spiro atoms. The van der Waals surface area contributed by atoms with Crippen LogP contribution >= 0.6 is 0 Å². The quantitative estimate of drug-likeness (QED) is 0.595. The van der Waals surface area contributed by atoms with E-state index >= 15 is 0 Å². The third kappa shape index (κ3) is 4.70. The fourth-order valence-corrected chi connectivity index (χ4v) is 4.08. The Bertz CT molecular complexity index is 1100. The predicted molar refractivity (Wildman–Crippen MR) is 125 cm³/mol. The summed E-state index contributed by atoms with van der Waals surface area (Å²) in [5, 5.41) is 3.08. The minimum absolute atomic E-state index is 0.167. The minimum atomic E-state index is -0.167. The van der Waals surface area contributed by atoms with Crippen LogP contribution in [0.5, 0.6) is 17.2 Å². The van der Waals surface area contributed by atoms with Gasteiger partial charge in [0.05, 0.1) is 21.3 Å². The van der Waals surface area contributed by atoms with Crippen LogP contribution in [-0.4, -0.2) is 38.7 Å². The van der Waals surface area contributed by atoms with E-state index in [0.717, 1.165) is 37.5 Å². The first kappa shape index (κ1) is 21.7. The Labute approximate surface area is 188 Å². The van der Waals surface area contributed by atoms with E-state index in [1.807, 2.05) is 24.3 Å². The van der Waals surface area contributed by atoms with Crippen LogP contribution in [0.1, 0.15) is 27.0 Å². The normalized spacial score (nSPS) is 13.2. The molecule has 0 fully saturated rings. The second kappa shape index (κ2) is 9.75. The maximum absolute atomic E-state index is 12.9. The number of hydrogen-bond acceptors (Lipinski definition) is 5. The molecule has 1 amide bonds. The van der Waals surface area contributed by atoms with E-state index < -0.39 is 0 Å². The first-order valence-electron chi connectivity index (χ1n) is 10.6. The third-order valence-electron chi connectivity index (χ3n) is 5.80. The van der Waals surface area contributed by atoms with Crippen molar-refractivity contribution >= 4 is 11.6 Å². The molecule has 0 saturated carbocycles. The standard InChI is InChI=1S/C26H28N2O4/c1-30-21-10-7-18(8-11-21)16-28-14-13-22-20(17-28)5-4-6-23(22)27-26(29)19-9-12-24(31-2)25(15-19)32-3/h4-12,15H,13-14,16-17H2,1-3H3,(H,27,29). The summed E-state index contributed by atoms with van der Waals surface area (Å²) in [6.45, 7) is 2.66. The lowest BCUT2D eigenvalue weighted by Crippen LogP contribution is -2.30. The second-order valence-corrected chi connectivity index (χ2v) is 7.78. The van der Waals surface area contributed by atoms with Gasteiger partial charge in [0.1, 0.15) is 5.75 Å². The Morgan fingerprint density at radius 1 is 0.938 bits per heavy atom. The largest absolute Gasteiger partial charge is 0.497 e. The van der Waals surface area contributed by atoms with E-state index in [1.165, 1.54) is 16.7 Å². The van der Waals surface area contributed by atoms with Crippen molar-refractivity contribution in [1.82, 2.24) is 4.90 Å². The first-order valence-corrected chi connectivity index (χ1v) is 10.6. The van der Waals surface area contributed by atoms with Crippen LogP contribution in [0.25, 0.3) is 0 Å². The lowest BCUT2D eigenvalue weighted by Gasteiger charge is -2.30. The van der Waals surface area contributed by atoms with Crippen molar-refractivity contribution in [2.24, 2.45) is 0 Å². The van der Waals surface area contributed by atoms with Crippen LogP contribution in [-0.2, 0) is 19.5 Å². The number of amides is 1. The Balaban J connectivity index is 1.46. The topological polar surface area (TPSA) is 60.0 Å². The van der Waals surface area contributed by atoms with Gasteiger partial charge in [-0.3, -0.25) is 9.69 Å². The summed E-state index contributed by atoms with van der Waals surface area (Å²) in [5.41, 5.74) is 5.10. The average molecular weight is 433 g/mol. The zero-order chi connectivity index (χ0) is 22.5. The Morgan fingerprint density at radius 2 is 1.72 bits per heavy atom. The number of anilines is 1. The molecular formula is C26H28N2O4. The van der Waals surface area contributed by atoms with Crippen molar-refractivity contribution in [2.45, 2.75) is 19.5 Å². The lowest BCUT2D eigenvalue weighted by atomic mass is 9.97. The molecule has 0 aliphatic carbocycles. The van der Waals surface area contributed by atoms with Gasteiger partial charge in [-0.25, -0.2) is 0 Å². The highest BCUT2D eigenvalue weighted by molar-refractivity contribution is 6.05. The van der Waals surface area contributed by atoms with Gasteiger partial charge >= 0.3 is 0 Å². The van der Waals surface area contributed by atoms with Crippen LogP contribution in [0.3, 0.4) is 0 Å². The number of ether oxygens (including phenoxy) is 3. The van der Waals surface area contributed by atoms with Crippen LogP contribution < -0.4 is 19.5 Å². The highest BCUT2D eigenvalue weighted by Gasteiger charge is 2.20. The number of methoxy groups -OCH3 is 3. The molecule has 0 bridgehead atoms. The molecule has 3 aromatic rings. The van der Waals surface area contributed by atoms with Gasteiger partial charge in [0.25, 0.3) is 5.91 Å². The monoisotopic (exact) mass is 432 g/mol. The van der Waals surface area contributed by atoms with Gasteiger partial charge in [-0.1, -0.05) is 24.3 Å². The number of hydrogen-bond donors (Lipinski definition) is 1. The van der Waals surface area contributed by atoms with Gasteiger partial charge in [-0.05, 0) is 59.5 Å². The summed E-state index contributed by atoms with van der Waals surface area (Å²) in [5.74, 6) is 1.83. The molecule has 0 aromatic heterocycles. The maximum Gasteiger partial charge on any atom is 0.255 e. The molecule has 1 heterocycles. The van der Waals surface area contributed by atoms with Crippen LogP contribution in [0.4, 0.5) is 5.69 Å². The molecule has 4 rings (SSSR count). The van der Waals surface area contributed by atoms with E-state index in [-0.39, 0.29) is 5.91 Å². The van der Waals surface area contributed by atoms with Crippen molar-refractivity contribution in [3.63, 3.8) is 0 Å². The van der Waals surface area contributed by atoms with Crippen molar-refractivity contribution < 1.29 is 19.0 Å². The van der Waals surface area contributed by atoms with E-state index in [2.05, 4.69) is 28.4 Å². The molecule has 32 heavy (non-hydrogen) atoms. The number of nitrogens with zero attached hydrogens (tertiary/aromatic N) is 1. The molecule has 0 unspecified atom stereocenters. The highest BCUT2D eigenvalue weighted by Crippen LogP contribution is 2.30. The van der Waals surface area contributed by atoms with Gasteiger partial charge in [-0.15, -0.1) is 0 Å². The summed E-state index contributed by atoms with van der Waals surface area (Å²) in [6.07, 6.45) is 0.883. The number of carbonyl (C=O) groups is 1. The summed E-state index contributed by atoms with van der Waals surface area (Å²) in [4.78, 5) is 15.3. The van der Waals surface area contributed by atoms with Gasteiger partial charge < -0.3 is 19.5 Å². The number of rotatable bonds is 7. The van der Waals surface area contributed by atoms with E-state index in [1.54, 1.807) is 39.5 Å². The molecule has 0 radical (unpaired) electrons. The third-order valence-corrected chi connectivity index (χ3v) is 5.80. The maximum atomic E-state index is 12.9. The minimum Gasteiger partial charge on any atom is -0.497 e. The Hall–Kier alpha value is -3.51. The molecule has 6 nitrogen and oxygen atoms in total. The molecule has 1 aliphatic heterocycles. The van der Waals surface area contributed by atoms with E-state index in [9.17, 15) is 4.79 Å². The van der Waals surface area contributed by atoms with E-state index in [4.69, 9.17) is 14.2 Å². The summed E-state index contributed by atoms with van der Waals surface area (Å²) < 4.78 is 15.8. The molecule has 6 heteroatoms. The zero-order valence-electron chi connectivity index (χ0n) is 18.7. The fraction of sp³-hybridized carbons (Fsp3) is 0.269. The van der Waals surface area contributed by atoms with Crippen molar-refractivity contribution in [3.8, 4) is 17.2 Å². The second-order valence-electron chi connectivity index (χ2n) is 7.78. The lowest BCUT2D eigenvalue weighted by molar-refractivity contribution is 0.102. The van der Waals surface area contributed by atoms with Crippen molar-refractivity contribution in [1.29, 1.82) is 0 Å². The van der Waals surface area contributed by atoms with Gasteiger partial charge in [-0.2, -0.15) is 0 Å². The number of nitrogens with one attached hydrogen (secondary N) is 1. The summed E-state index contributed by atoms with van der Waals surface area (Å²) in [6, 6.07) is 19.5. The summed E-state index contributed by atoms with van der Waals surface area (Å²) >= 11 is 0. The number of benzene rings is 3. The van der Waals surface area contributed by atoms with Crippen molar-refractivity contribution in [2.75, 3.05) is 33.2 Å². The smallest absolute Gasteiger partial charge is 0.255 e. The van der Waals surface area contributed by atoms with Gasteiger partial charge in [0.2, 0.25) is 0 Å². The molecule has 166 valence electrons. The Morgan fingerprint density at radius 3 is 2.44 bits per heavy atom. The van der Waals surface area contributed by atoms with Crippen LogP contribution in [0.2, 0.25) is 0 Å².